The van der Waals surface area contributed by atoms with Crippen molar-refractivity contribution < 1.29 is 38.8 Å². The lowest BCUT2D eigenvalue weighted by molar-refractivity contribution is -0.256. The number of oxime groups is 1. The van der Waals surface area contributed by atoms with Crippen molar-refractivity contribution in [1.29, 1.82) is 0 Å². The maximum atomic E-state index is 14.8. The number of carbonyl (C=O) groups is 1. The summed E-state index contributed by atoms with van der Waals surface area (Å²) in [6.45, 7) is 12.8. The highest BCUT2D eigenvalue weighted by molar-refractivity contribution is 6.03. The number of hydrogen-bond donors (Lipinski definition) is 2. The van der Waals surface area contributed by atoms with Gasteiger partial charge in [-0.25, -0.2) is 4.79 Å². The van der Waals surface area contributed by atoms with Crippen LogP contribution in [0.15, 0.2) is 121 Å². The normalized spacial score (nSPS) is 23.1. The number of aliphatic hydroxyl groups excluding tert-OH is 2. The Kier molecular flexibility index (Phi) is 14.9. The Morgan fingerprint density at radius 1 is 0.919 bits per heavy atom. The van der Waals surface area contributed by atoms with Gasteiger partial charge in [-0.1, -0.05) is 84.8 Å². The monoisotopic (exact) mass is 842 g/mol. The zero-order valence-electron chi connectivity index (χ0n) is 36.5. The van der Waals surface area contributed by atoms with E-state index in [9.17, 15) is 15.0 Å². The molecule has 6 atom stereocenters. The van der Waals surface area contributed by atoms with Gasteiger partial charge in [0, 0.05) is 31.1 Å². The molecule has 10 nitrogen and oxygen atoms in total. The summed E-state index contributed by atoms with van der Waals surface area (Å²) in [6.07, 6.45) is 10.7. The van der Waals surface area contributed by atoms with Gasteiger partial charge in [0.2, 0.25) is 5.79 Å². The zero-order valence-corrected chi connectivity index (χ0v) is 36.5. The Bertz CT molecular complexity index is 2260. The topological polar surface area (TPSA) is 119 Å². The molecule has 3 aliphatic rings. The molecular weight excluding hydrogens is 781 g/mol. The summed E-state index contributed by atoms with van der Waals surface area (Å²) in [6, 6.07) is 25.7. The van der Waals surface area contributed by atoms with Crippen LogP contribution in [0.25, 0.3) is 10.8 Å². The van der Waals surface area contributed by atoms with Gasteiger partial charge in [0.25, 0.3) is 0 Å². The molecule has 10 heteroatoms. The lowest BCUT2D eigenvalue weighted by Gasteiger charge is -2.59. The van der Waals surface area contributed by atoms with E-state index >= 15 is 0 Å². The molecule has 0 spiro atoms. The number of nitrogens with zero attached hydrogens (tertiary/aromatic N) is 2. The van der Waals surface area contributed by atoms with E-state index in [2.05, 4.69) is 63.4 Å². The van der Waals surface area contributed by atoms with Crippen molar-refractivity contribution in [1.82, 2.24) is 4.90 Å². The lowest BCUT2D eigenvalue weighted by Crippen LogP contribution is -2.70. The molecule has 62 heavy (non-hydrogen) atoms. The Morgan fingerprint density at radius 3 is 2.44 bits per heavy atom. The zero-order chi connectivity index (χ0) is 43.6. The van der Waals surface area contributed by atoms with E-state index in [1.165, 1.54) is 5.56 Å². The van der Waals surface area contributed by atoms with Crippen LogP contribution in [-0.2, 0) is 20.9 Å². The molecule has 0 aromatic heterocycles. The minimum atomic E-state index is -1.44. The van der Waals surface area contributed by atoms with E-state index in [0.717, 1.165) is 64.5 Å². The van der Waals surface area contributed by atoms with E-state index in [1.54, 1.807) is 24.2 Å². The standard InChI is InChI=1S/C52H62N2O8/c1-6-8-29-59-51(57)54(34-39-19-15-18-37-16-9-10-20-42(37)39)48-33-46(53-58-5)44-31-38(17-11-13-26-55)43(21-12-14-27-56)49-45-32-41(61-40-23-22-35(3)36(4)30-40)24-25-47(45)62-52(48,50(44)49)60-28-7-2/h6-7,9-10,15-16,18-20,22-25,30-32,38,43,48-50,55-56H,1-2,8,11-14,17,21,26-29,33-34H2,3-5H3. The average Bonchev–Trinajstić information content (AvgIpc) is 3.28. The van der Waals surface area contributed by atoms with Gasteiger partial charge in [0.05, 0.1) is 31.4 Å². The Morgan fingerprint density at radius 2 is 1.68 bits per heavy atom. The van der Waals surface area contributed by atoms with Gasteiger partial charge in [-0.05, 0) is 121 Å². The molecular formula is C52H62N2O8. The average molecular weight is 843 g/mol. The molecule has 2 N–H and O–H groups in total. The largest absolute Gasteiger partial charge is 0.459 e. The molecule has 6 unspecified atom stereocenters. The number of benzene rings is 4. The van der Waals surface area contributed by atoms with Crippen molar-refractivity contribution in [3.05, 3.63) is 138 Å². The first kappa shape index (κ1) is 44.6. The van der Waals surface area contributed by atoms with Gasteiger partial charge >= 0.3 is 6.09 Å². The maximum absolute atomic E-state index is 14.8. The molecule has 4 aromatic carbocycles. The highest BCUT2D eigenvalue weighted by Crippen LogP contribution is 2.62. The summed E-state index contributed by atoms with van der Waals surface area (Å²) >= 11 is 0. The van der Waals surface area contributed by atoms with Crippen LogP contribution in [0.2, 0.25) is 0 Å². The SMILES string of the molecule is C=CCCOC(=O)N(Cc1cccc2ccccc12)C1CC(=NOC)C2=CC(CCCCO)C(CCCCO)C3c4cc(Oc5ccc(C)c(C)c5)ccc4OC1(OCC=C)C23. The van der Waals surface area contributed by atoms with E-state index in [4.69, 9.17) is 28.9 Å². The number of amides is 1. The number of ether oxygens (including phenoxy) is 4. The molecule has 1 heterocycles. The number of aryl methyl sites for hydroxylation is 2. The second-order valence-corrected chi connectivity index (χ2v) is 16.8. The fourth-order valence-corrected chi connectivity index (χ4v) is 9.96. The van der Waals surface area contributed by atoms with Crippen molar-refractivity contribution in [3.8, 4) is 17.2 Å². The Labute approximate surface area is 366 Å². The molecule has 1 aliphatic heterocycles. The van der Waals surface area contributed by atoms with Crippen molar-refractivity contribution in [2.75, 3.05) is 33.5 Å². The lowest BCUT2D eigenvalue weighted by atomic mass is 9.55. The first-order valence-corrected chi connectivity index (χ1v) is 22.1. The van der Waals surface area contributed by atoms with E-state index in [1.807, 2.05) is 48.5 Å². The van der Waals surface area contributed by atoms with E-state index < -0.39 is 23.8 Å². The van der Waals surface area contributed by atoms with Crippen molar-refractivity contribution in [2.24, 2.45) is 22.9 Å². The molecule has 2 aliphatic carbocycles. The predicted molar refractivity (Wildman–Crippen MR) is 244 cm³/mol. The summed E-state index contributed by atoms with van der Waals surface area (Å²) in [5.74, 6) is 0.117. The second-order valence-electron chi connectivity index (χ2n) is 16.8. The smallest absolute Gasteiger partial charge is 0.410 e. The summed E-state index contributed by atoms with van der Waals surface area (Å²) in [5, 5.41) is 26.7. The molecule has 0 bridgehead atoms. The minimum Gasteiger partial charge on any atom is -0.459 e. The van der Waals surface area contributed by atoms with Gasteiger partial charge < -0.3 is 34.0 Å². The molecule has 4 aromatic rings. The molecule has 1 amide bonds. The van der Waals surface area contributed by atoms with Crippen LogP contribution in [-0.4, -0.2) is 72.3 Å². The highest BCUT2D eigenvalue weighted by atomic mass is 16.7. The molecule has 0 radical (unpaired) electrons. The van der Waals surface area contributed by atoms with Crippen LogP contribution in [0.5, 0.6) is 17.2 Å². The van der Waals surface area contributed by atoms with Crippen LogP contribution in [0.4, 0.5) is 4.79 Å². The minimum absolute atomic E-state index is 0.0637. The van der Waals surface area contributed by atoms with E-state index in [0.29, 0.717) is 36.5 Å². The molecule has 7 rings (SSSR count). The third-order valence-electron chi connectivity index (χ3n) is 12.9. The van der Waals surface area contributed by atoms with Crippen LogP contribution < -0.4 is 9.47 Å². The van der Waals surface area contributed by atoms with Gasteiger partial charge in [-0.15, -0.1) is 13.2 Å². The van der Waals surface area contributed by atoms with Gasteiger partial charge in [0.1, 0.15) is 30.4 Å². The Balaban J connectivity index is 1.45. The van der Waals surface area contributed by atoms with Crippen LogP contribution in [0.1, 0.15) is 79.5 Å². The summed E-state index contributed by atoms with van der Waals surface area (Å²) in [7, 11) is 1.55. The van der Waals surface area contributed by atoms with Crippen LogP contribution in [0, 0.1) is 31.6 Å². The fraction of sp³-hybridized carbons (Fsp3) is 0.423. The summed E-state index contributed by atoms with van der Waals surface area (Å²) < 4.78 is 27.2. The summed E-state index contributed by atoms with van der Waals surface area (Å²) in [5.41, 5.74) is 5.92. The van der Waals surface area contributed by atoms with Gasteiger partial charge in [0.15, 0.2) is 0 Å². The van der Waals surface area contributed by atoms with Crippen molar-refractivity contribution >= 4 is 22.6 Å². The third kappa shape index (κ3) is 9.33. The van der Waals surface area contributed by atoms with Gasteiger partial charge in [-0.2, -0.15) is 0 Å². The number of carbonyl (C=O) groups excluding carboxylic acids is 1. The van der Waals surface area contributed by atoms with Crippen LogP contribution in [0.3, 0.4) is 0 Å². The third-order valence-corrected chi connectivity index (χ3v) is 12.9. The van der Waals surface area contributed by atoms with Crippen LogP contribution >= 0.6 is 0 Å². The molecule has 1 fully saturated rings. The van der Waals surface area contributed by atoms with Gasteiger partial charge in [-0.3, -0.25) is 4.90 Å². The summed E-state index contributed by atoms with van der Waals surface area (Å²) in [4.78, 5) is 22.2. The predicted octanol–water partition coefficient (Wildman–Crippen LogP) is 10.7. The first-order valence-electron chi connectivity index (χ1n) is 22.1. The van der Waals surface area contributed by atoms with Crippen molar-refractivity contribution in [2.45, 2.75) is 89.5 Å². The maximum Gasteiger partial charge on any atom is 0.410 e. The van der Waals surface area contributed by atoms with E-state index in [-0.39, 0.29) is 57.1 Å². The highest BCUT2D eigenvalue weighted by Gasteiger charge is 2.65. The second kappa shape index (κ2) is 20.6. The quantitative estimate of drug-likeness (QED) is 0.0513. The number of fused-ring (bicyclic) bond motifs is 3. The number of rotatable bonds is 20. The molecule has 0 saturated heterocycles. The molecule has 1 saturated carbocycles. The Hall–Kier alpha value is -5.42. The number of hydrogen-bond acceptors (Lipinski definition) is 9. The number of aliphatic hydroxyl groups is 2. The molecule has 328 valence electrons. The number of unbranched alkanes of at least 4 members (excludes halogenated alkanes) is 2. The fourth-order valence-electron chi connectivity index (χ4n) is 9.96. The number of allylic oxidation sites excluding steroid dienone is 1. The first-order chi connectivity index (χ1) is 30.3. The van der Waals surface area contributed by atoms with Crippen molar-refractivity contribution in [3.63, 3.8) is 0 Å².